The molecule has 1 saturated carbocycles. The van der Waals surface area contributed by atoms with Gasteiger partial charge in [0, 0.05) is 6.42 Å². The molecule has 3 rings (SSSR count). The fourth-order valence-electron chi connectivity index (χ4n) is 3.14. The monoisotopic (exact) mass is 238 g/mol. The first kappa shape index (κ1) is 11.5. The van der Waals surface area contributed by atoms with Gasteiger partial charge in [-0.15, -0.1) is 0 Å². The summed E-state index contributed by atoms with van der Waals surface area (Å²) in [7, 11) is 0. The molecule has 2 aliphatic heterocycles. The van der Waals surface area contributed by atoms with E-state index in [9.17, 15) is 9.90 Å². The Kier molecular flexibility index (Phi) is 2.87. The van der Waals surface area contributed by atoms with Crippen LogP contribution < -0.4 is 5.32 Å². The second-order valence-electron chi connectivity index (χ2n) is 6.04. The summed E-state index contributed by atoms with van der Waals surface area (Å²) in [6.45, 7) is 3.23. The molecule has 0 bridgehead atoms. The molecule has 2 N–H and O–H groups in total. The standard InChI is InChI=1S/C13H22N2O2/c16-12(6-10-2-1-5-14-7-10)15-8-13(17,9-15)11-3-4-11/h10-11,14,17H,1-9H2. The molecule has 0 aromatic heterocycles. The highest BCUT2D eigenvalue weighted by Gasteiger charge is 2.53. The number of nitrogens with zero attached hydrogens (tertiary/aromatic N) is 1. The molecule has 0 radical (unpaired) electrons. The molecule has 1 amide bonds. The molecule has 96 valence electrons. The topological polar surface area (TPSA) is 52.6 Å². The average molecular weight is 238 g/mol. The maximum absolute atomic E-state index is 12.0. The largest absolute Gasteiger partial charge is 0.386 e. The van der Waals surface area contributed by atoms with Gasteiger partial charge in [0.2, 0.25) is 5.91 Å². The molecule has 1 atom stereocenters. The molecule has 1 aliphatic carbocycles. The summed E-state index contributed by atoms with van der Waals surface area (Å²) in [5.41, 5.74) is -0.527. The molecule has 1 unspecified atom stereocenters. The van der Waals surface area contributed by atoms with Crippen LogP contribution in [-0.4, -0.2) is 47.7 Å². The van der Waals surface area contributed by atoms with E-state index in [1.54, 1.807) is 0 Å². The SMILES string of the molecule is O=C(CC1CCCNC1)N1CC(O)(C2CC2)C1. The van der Waals surface area contributed by atoms with E-state index in [2.05, 4.69) is 5.32 Å². The van der Waals surface area contributed by atoms with Crippen LogP contribution in [0.3, 0.4) is 0 Å². The zero-order chi connectivity index (χ0) is 11.9. The number of hydrogen-bond donors (Lipinski definition) is 2. The zero-order valence-corrected chi connectivity index (χ0v) is 10.3. The van der Waals surface area contributed by atoms with E-state index in [4.69, 9.17) is 0 Å². The molecular weight excluding hydrogens is 216 g/mol. The Labute approximate surface area is 102 Å². The number of hydrogen-bond acceptors (Lipinski definition) is 3. The zero-order valence-electron chi connectivity index (χ0n) is 10.3. The lowest BCUT2D eigenvalue weighted by atomic mass is 9.87. The summed E-state index contributed by atoms with van der Waals surface area (Å²) >= 11 is 0. The smallest absolute Gasteiger partial charge is 0.223 e. The lowest BCUT2D eigenvalue weighted by molar-refractivity contribution is -0.160. The number of carbonyl (C=O) groups excluding carboxylic acids is 1. The highest BCUT2D eigenvalue weighted by molar-refractivity contribution is 5.77. The predicted molar refractivity (Wildman–Crippen MR) is 64.5 cm³/mol. The Bertz CT molecular complexity index is 303. The van der Waals surface area contributed by atoms with Crippen molar-refractivity contribution < 1.29 is 9.90 Å². The van der Waals surface area contributed by atoms with Crippen LogP contribution in [0.5, 0.6) is 0 Å². The summed E-state index contributed by atoms with van der Waals surface area (Å²) in [5.74, 6) is 1.22. The van der Waals surface area contributed by atoms with Crippen molar-refractivity contribution in [2.75, 3.05) is 26.2 Å². The molecule has 2 saturated heterocycles. The van der Waals surface area contributed by atoms with Crippen molar-refractivity contribution in [1.82, 2.24) is 10.2 Å². The molecule has 0 aromatic carbocycles. The van der Waals surface area contributed by atoms with Crippen molar-refractivity contribution in [3.8, 4) is 0 Å². The highest BCUT2D eigenvalue weighted by Crippen LogP contribution is 2.44. The first-order valence-electron chi connectivity index (χ1n) is 6.88. The highest BCUT2D eigenvalue weighted by atomic mass is 16.3. The van der Waals surface area contributed by atoms with Crippen molar-refractivity contribution in [3.63, 3.8) is 0 Å². The number of aliphatic hydroxyl groups is 1. The van der Waals surface area contributed by atoms with Crippen LogP contribution in [0.4, 0.5) is 0 Å². The van der Waals surface area contributed by atoms with E-state index in [1.165, 1.54) is 12.8 Å². The first-order chi connectivity index (χ1) is 8.17. The molecular formula is C13H22N2O2. The van der Waals surface area contributed by atoms with Gasteiger partial charge in [-0.05, 0) is 50.6 Å². The molecule has 0 spiro atoms. The third-order valence-corrected chi connectivity index (χ3v) is 4.48. The maximum atomic E-state index is 12.0. The van der Waals surface area contributed by atoms with E-state index >= 15 is 0 Å². The van der Waals surface area contributed by atoms with Crippen molar-refractivity contribution in [2.45, 2.75) is 37.7 Å². The summed E-state index contributed by atoms with van der Waals surface area (Å²) in [5, 5.41) is 13.5. The van der Waals surface area contributed by atoms with Gasteiger partial charge in [0.1, 0.15) is 5.60 Å². The Balaban J connectivity index is 1.44. The van der Waals surface area contributed by atoms with Crippen LogP contribution in [0.2, 0.25) is 0 Å². The van der Waals surface area contributed by atoms with E-state index in [-0.39, 0.29) is 5.91 Å². The van der Waals surface area contributed by atoms with Gasteiger partial charge in [0.15, 0.2) is 0 Å². The second kappa shape index (κ2) is 4.25. The lowest BCUT2D eigenvalue weighted by Gasteiger charge is -2.47. The van der Waals surface area contributed by atoms with Crippen LogP contribution >= 0.6 is 0 Å². The Morgan fingerprint density at radius 1 is 1.35 bits per heavy atom. The number of likely N-dealkylation sites (tertiary alicyclic amines) is 1. The minimum absolute atomic E-state index is 0.240. The van der Waals surface area contributed by atoms with Gasteiger partial charge in [0.25, 0.3) is 0 Å². The summed E-state index contributed by atoms with van der Waals surface area (Å²) in [4.78, 5) is 13.9. The van der Waals surface area contributed by atoms with Gasteiger partial charge in [-0.1, -0.05) is 0 Å². The first-order valence-corrected chi connectivity index (χ1v) is 6.88. The normalized spacial score (nSPS) is 32.1. The Morgan fingerprint density at radius 2 is 2.12 bits per heavy atom. The van der Waals surface area contributed by atoms with E-state index in [0.717, 1.165) is 25.9 Å². The Morgan fingerprint density at radius 3 is 2.71 bits per heavy atom. The van der Waals surface area contributed by atoms with Gasteiger partial charge in [-0.3, -0.25) is 4.79 Å². The van der Waals surface area contributed by atoms with E-state index < -0.39 is 5.60 Å². The summed E-state index contributed by atoms with van der Waals surface area (Å²) in [6.07, 6.45) is 5.30. The van der Waals surface area contributed by atoms with Crippen LogP contribution in [-0.2, 0) is 4.79 Å². The minimum atomic E-state index is -0.527. The number of nitrogens with one attached hydrogen (secondary N) is 1. The summed E-state index contributed by atoms with van der Waals surface area (Å²) < 4.78 is 0. The Hall–Kier alpha value is -0.610. The van der Waals surface area contributed by atoms with Crippen molar-refractivity contribution in [2.24, 2.45) is 11.8 Å². The second-order valence-corrected chi connectivity index (χ2v) is 6.04. The van der Waals surface area contributed by atoms with Crippen LogP contribution in [0.15, 0.2) is 0 Å². The van der Waals surface area contributed by atoms with Crippen molar-refractivity contribution >= 4 is 5.91 Å². The molecule has 3 aliphatic rings. The van der Waals surface area contributed by atoms with Gasteiger partial charge >= 0.3 is 0 Å². The number of amides is 1. The number of piperidine rings is 1. The minimum Gasteiger partial charge on any atom is -0.386 e. The number of β-amino-alcohol motifs (C(OH)–C–C–N with tert-alkyl or cyclic N) is 1. The number of carbonyl (C=O) groups is 1. The van der Waals surface area contributed by atoms with Crippen LogP contribution in [0.1, 0.15) is 32.1 Å². The van der Waals surface area contributed by atoms with E-state index in [0.29, 0.717) is 31.3 Å². The average Bonchev–Trinajstić information content (AvgIpc) is 3.10. The van der Waals surface area contributed by atoms with Gasteiger partial charge < -0.3 is 15.3 Å². The molecule has 4 heteroatoms. The van der Waals surface area contributed by atoms with Gasteiger partial charge in [0.05, 0.1) is 13.1 Å². The van der Waals surface area contributed by atoms with Gasteiger partial charge in [-0.25, -0.2) is 0 Å². The maximum Gasteiger partial charge on any atom is 0.223 e. The molecule has 17 heavy (non-hydrogen) atoms. The third-order valence-electron chi connectivity index (χ3n) is 4.48. The van der Waals surface area contributed by atoms with Crippen molar-refractivity contribution in [3.05, 3.63) is 0 Å². The quantitative estimate of drug-likeness (QED) is 0.746. The van der Waals surface area contributed by atoms with Crippen LogP contribution in [0, 0.1) is 11.8 Å². The van der Waals surface area contributed by atoms with Crippen LogP contribution in [0.25, 0.3) is 0 Å². The lowest BCUT2D eigenvalue weighted by Crippen LogP contribution is -2.64. The predicted octanol–water partition coefficient (Wildman–Crippen LogP) is 0.359. The fourth-order valence-corrected chi connectivity index (χ4v) is 3.14. The van der Waals surface area contributed by atoms with Crippen molar-refractivity contribution in [1.29, 1.82) is 0 Å². The molecule has 3 fully saturated rings. The summed E-state index contributed by atoms with van der Waals surface area (Å²) in [6, 6.07) is 0. The molecule has 0 aromatic rings. The molecule has 2 heterocycles. The fraction of sp³-hybridized carbons (Fsp3) is 0.923. The van der Waals surface area contributed by atoms with Gasteiger partial charge in [-0.2, -0.15) is 0 Å². The van der Waals surface area contributed by atoms with E-state index in [1.807, 2.05) is 4.90 Å². The third kappa shape index (κ3) is 2.33. The molecule has 4 nitrogen and oxygen atoms in total. The number of rotatable bonds is 3.